The largest absolute Gasteiger partial charge is 0.336 e. The van der Waals surface area contributed by atoms with Crippen LogP contribution in [0.1, 0.15) is 11.1 Å². The zero-order valence-electron chi connectivity index (χ0n) is 14.2. The lowest BCUT2D eigenvalue weighted by Crippen LogP contribution is -2.31. The Hall–Kier alpha value is -3.22. The van der Waals surface area contributed by atoms with E-state index in [0.717, 1.165) is 22.6 Å². The summed E-state index contributed by atoms with van der Waals surface area (Å²) in [4.78, 5) is 20.2. The van der Waals surface area contributed by atoms with Crippen LogP contribution in [0.5, 0.6) is 0 Å². The lowest BCUT2D eigenvalue weighted by molar-refractivity contribution is 0.251. The van der Waals surface area contributed by atoms with Crippen molar-refractivity contribution in [3.8, 4) is 11.4 Å². The van der Waals surface area contributed by atoms with E-state index in [9.17, 15) is 4.79 Å². The number of nitrogens with one attached hydrogen (secondary N) is 2. The van der Waals surface area contributed by atoms with Crippen LogP contribution < -0.4 is 10.6 Å². The molecule has 2 heterocycles. The summed E-state index contributed by atoms with van der Waals surface area (Å²) in [6.07, 6.45) is 6.78. The molecule has 3 aromatic rings. The molecule has 0 unspecified atom stereocenters. The first-order chi connectivity index (χ1) is 12.1. The van der Waals surface area contributed by atoms with Crippen LogP contribution in [0.25, 0.3) is 11.4 Å². The van der Waals surface area contributed by atoms with Crippen molar-refractivity contribution in [2.45, 2.75) is 20.4 Å². The average molecular weight is 336 g/mol. The van der Waals surface area contributed by atoms with Gasteiger partial charge in [-0.1, -0.05) is 6.07 Å². The molecule has 0 fully saturated rings. The minimum absolute atomic E-state index is 0.232. The van der Waals surface area contributed by atoms with Crippen molar-refractivity contribution in [3.63, 3.8) is 0 Å². The van der Waals surface area contributed by atoms with E-state index >= 15 is 0 Å². The number of amides is 2. The zero-order valence-corrected chi connectivity index (χ0v) is 14.2. The molecule has 7 nitrogen and oxygen atoms in total. The SMILES string of the molecule is Cc1ccc(NC(=O)NCCn2ccc(-c3cnccn3)n2)cc1C. The minimum Gasteiger partial charge on any atom is -0.336 e. The van der Waals surface area contributed by atoms with E-state index in [2.05, 4.69) is 25.7 Å². The molecule has 7 heteroatoms. The van der Waals surface area contributed by atoms with Crippen LogP contribution in [0, 0.1) is 13.8 Å². The maximum Gasteiger partial charge on any atom is 0.319 e. The maximum absolute atomic E-state index is 12.0. The van der Waals surface area contributed by atoms with Gasteiger partial charge in [-0.2, -0.15) is 5.10 Å². The molecule has 0 saturated heterocycles. The highest BCUT2D eigenvalue weighted by molar-refractivity contribution is 5.89. The van der Waals surface area contributed by atoms with E-state index in [1.165, 1.54) is 5.56 Å². The first kappa shape index (κ1) is 16.6. The Balaban J connectivity index is 1.48. The number of aromatic nitrogens is 4. The highest BCUT2D eigenvalue weighted by Gasteiger charge is 2.05. The van der Waals surface area contributed by atoms with Gasteiger partial charge in [-0.3, -0.25) is 14.6 Å². The third kappa shape index (κ3) is 4.41. The number of anilines is 1. The monoisotopic (exact) mass is 336 g/mol. The van der Waals surface area contributed by atoms with Gasteiger partial charge in [0.15, 0.2) is 0 Å². The molecule has 1 aromatic carbocycles. The molecule has 3 rings (SSSR count). The van der Waals surface area contributed by atoms with Crippen molar-refractivity contribution in [3.05, 3.63) is 60.2 Å². The Morgan fingerprint density at radius 2 is 2.00 bits per heavy atom. The van der Waals surface area contributed by atoms with Gasteiger partial charge >= 0.3 is 6.03 Å². The van der Waals surface area contributed by atoms with Gasteiger partial charge in [-0.15, -0.1) is 0 Å². The Labute approximate surface area is 146 Å². The molecule has 25 heavy (non-hydrogen) atoms. The molecule has 0 radical (unpaired) electrons. The summed E-state index contributed by atoms with van der Waals surface area (Å²) in [7, 11) is 0. The molecule has 0 aliphatic rings. The molecule has 0 aliphatic carbocycles. The number of benzene rings is 1. The molecule has 0 aliphatic heterocycles. The predicted molar refractivity (Wildman–Crippen MR) is 96.2 cm³/mol. The van der Waals surface area contributed by atoms with Gasteiger partial charge in [0.1, 0.15) is 11.4 Å². The lowest BCUT2D eigenvalue weighted by atomic mass is 10.1. The third-order valence-corrected chi connectivity index (χ3v) is 3.86. The molecule has 2 N–H and O–H groups in total. The molecule has 128 valence electrons. The number of carbonyl (C=O) groups excluding carboxylic acids is 1. The molecule has 0 saturated carbocycles. The quantitative estimate of drug-likeness (QED) is 0.750. The second-order valence-corrected chi connectivity index (χ2v) is 5.73. The van der Waals surface area contributed by atoms with Crippen LogP contribution in [-0.4, -0.2) is 32.3 Å². The topological polar surface area (TPSA) is 84.7 Å². The number of rotatable bonds is 5. The minimum atomic E-state index is -0.232. The van der Waals surface area contributed by atoms with Gasteiger partial charge < -0.3 is 10.6 Å². The molecule has 2 aromatic heterocycles. The Morgan fingerprint density at radius 1 is 1.12 bits per heavy atom. The van der Waals surface area contributed by atoms with Crippen molar-refractivity contribution in [1.82, 2.24) is 25.1 Å². The first-order valence-corrected chi connectivity index (χ1v) is 8.04. The summed E-state index contributed by atoms with van der Waals surface area (Å²) in [5.74, 6) is 0. The van der Waals surface area contributed by atoms with Crippen LogP contribution in [0.15, 0.2) is 49.1 Å². The number of urea groups is 1. The summed E-state index contributed by atoms with van der Waals surface area (Å²) >= 11 is 0. The second-order valence-electron chi connectivity index (χ2n) is 5.73. The van der Waals surface area contributed by atoms with Gasteiger partial charge in [0.2, 0.25) is 0 Å². The third-order valence-electron chi connectivity index (χ3n) is 3.86. The van der Waals surface area contributed by atoms with Gasteiger partial charge in [0.05, 0.1) is 12.7 Å². The Morgan fingerprint density at radius 3 is 2.76 bits per heavy atom. The number of hydrogen-bond donors (Lipinski definition) is 2. The van der Waals surface area contributed by atoms with E-state index in [-0.39, 0.29) is 6.03 Å². The van der Waals surface area contributed by atoms with Gasteiger partial charge in [0, 0.05) is 30.8 Å². The van der Waals surface area contributed by atoms with Crippen LogP contribution in [0.2, 0.25) is 0 Å². The predicted octanol–water partition coefficient (Wildman–Crippen LogP) is 2.78. The van der Waals surface area contributed by atoms with Crippen molar-refractivity contribution in [2.75, 3.05) is 11.9 Å². The number of nitrogens with zero attached hydrogens (tertiary/aromatic N) is 4. The van der Waals surface area contributed by atoms with Crippen molar-refractivity contribution >= 4 is 11.7 Å². The van der Waals surface area contributed by atoms with Crippen molar-refractivity contribution in [1.29, 1.82) is 0 Å². The fourth-order valence-corrected chi connectivity index (χ4v) is 2.33. The first-order valence-electron chi connectivity index (χ1n) is 8.04. The zero-order chi connectivity index (χ0) is 17.6. The van der Waals surface area contributed by atoms with Gasteiger partial charge in [-0.05, 0) is 43.2 Å². The number of aryl methyl sites for hydroxylation is 2. The molecule has 2 amide bonds. The molecule has 0 spiro atoms. The molecular formula is C18H20N6O. The van der Waals surface area contributed by atoms with Crippen LogP contribution >= 0.6 is 0 Å². The average Bonchev–Trinajstić information content (AvgIpc) is 3.08. The lowest BCUT2D eigenvalue weighted by Gasteiger charge is -2.09. The highest BCUT2D eigenvalue weighted by atomic mass is 16.2. The summed E-state index contributed by atoms with van der Waals surface area (Å²) in [5, 5.41) is 10.1. The van der Waals surface area contributed by atoms with Gasteiger partial charge in [0.25, 0.3) is 0 Å². The van der Waals surface area contributed by atoms with E-state index in [1.54, 1.807) is 23.3 Å². The number of carbonyl (C=O) groups is 1. The Bertz CT molecular complexity index is 859. The van der Waals surface area contributed by atoms with Crippen LogP contribution in [0.3, 0.4) is 0 Å². The smallest absolute Gasteiger partial charge is 0.319 e. The molecule has 0 bridgehead atoms. The Kier molecular flexibility index (Phi) is 5.03. The normalized spacial score (nSPS) is 10.5. The summed E-state index contributed by atoms with van der Waals surface area (Å²) in [5.41, 5.74) is 4.61. The molecule has 0 atom stereocenters. The van der Waals surface area contributed by atoms with E-state index in [4.69, 9.17) is 0 Å². The fourth-order valence-electron chi connectivity index (χ4n) is 2.33. The molecular weight excluding hydrogens is 316 g/mol. The van der Waals surface area contributed by atoms with Gasteiger partial charge in [-0.25, -0.2) is 4.79 Å². The van der Waals surface area contributed by atoms with E-state index in [0.29, 0.717) is 13.1 Å². The summed E-state index contributed by atoms with van der Waals surface area (Å²) in [6.45, 7) is 5.10. The fraction of sp³-hybridized carbons (Fsp3) is 0.222. The second kappa shape index (κ2) is 7.57. The maximum atomic E-state index is 12.0. The number of hydrogen-bond acceptors (Lipinski definition) is 4. The standard InChI is InChI=1S/C18H20N6O/c1-13-3-4-15(11-14(13)2)22-18(25)21-8-10-24-9-5-16(23-24)17-12-19-6-7-20-17/h3-7,9,11-12H,8,10H2,1-2H3,(H2,21,22,25). The summed E-state index contributed by atoms with van der Waals surface area (Å²) < 4.78 is 1.76. The summed E-state index contributed by atoms with van der Waals surface area (Å²) in [6, 6.07) is 7.48. The van der Waals surface area contributed by atoms with Crippen molar-refractivity contribution < 1.29 is 4.79 Å². The van der Waals surface area contributed by atoms with E-state index < -0.39 is 0 Å². The van der Waals surface area contributed by atoms with Crippen LogP contribution in [-0.2, 0) is 6.54 Å². The van der Waals surface area contributed by atoms with Crippen molar-refractivity contribution in [2.24, 2.45) is 0 Å². The van der Waals surface area contributed by atoms with E-state index in [1.807, 2.05) is 44.3 Å². The van der Waals surface area contributed by atoms with Crippen LogP contribution in [0.4, 0.5) is 10.5 Å². The highest BCUT2D eigenvalue weighted by Crippen LogP contribution is 2.14.